The lowest BCUT2D eigenvalue weighted by Gasteiger charge is -2.42. The van der Waals surface area contributed by atoms with Crippen LogP contribution in [0.5, 0.6) is 0 Å². The summed E-state index contributed by atoms with van der Waals surface area (Å²) in [7, 11) is 0. The highest BCUT2D eigenvalue weighted by atomic mass is 35.5. The Morgan fingerprint density at radius 1 is 1.33 bits per heavy atom. The number of halogens is 1. The molecular weight excluding hydrogens is 282 g/mol. The van der Waals surface area contributed by atoms with Gasteiger partial charge in [-0.2, -0.15) is 0 Å². The van der Waals surface area contributed by atoms with E-state index in [1.54, 1.807) is 0 Å². The third-order valence-electron chi connectivity index (χ3n) is 4.42. The maximum atomic E-state index is 6.76. The van der Waals surface area contributed by atoms with E-state index < -0.39 is 5.25 Å². The van der Waals surface area contributed by atoms with Crippen LogP contribution >= 0.6 is 11.6 Å². The molecule has 106 valence electrons. The van der Waals surface area contributed by atoms with E-state index in [0.717, 1.165) is 24.3 Å². The summed E-state index contributed by atoms with van der Waals surface area (Å²) in [5.74, 6) is 0. The summed E-state index contributed by atoms with van der Waals surface area (Å²) in [5.41, 5.74) is 4.68. The first-order chi connectivity index (χ1) is 10.2. The first-order valence-corrected chi connectivity index (χ1v) is 7.62. The van der Waals surface area contributed by atoms with E-state index in [-0.39, 0.29) is 6.04 Å². The van der Waals surface area contributed by atoms with E-state index in [1.807, 2.05) is 24.4 Å². The SMILES string of the molecule is CC1c2ccccc2CCN1C1(Cl)N=CC2=CC=CC2=N1. The molecule has 0 aromatic heterocycles. The third-order valence-corrected chi connectivity index (χ3v) is 4.82. The van der Waals surface area contributed by atoms with Crippen molar-refractivity contribution in [2.75, 3.05) is 6.54 Å². The molecule has 0 saturated carbocycles. The van der Waals surface area contributed by atoms with Gasteiger partial charge >= 0.3 is 0 Å². The molecule has 1 aliphatic carbocycles. The molecular formula is C17H16ClN3. The van der Waals surface area contributed by atoms with Gasteiger partial charge in [0.15, 0.2) is 0 Å². The molecule has 1 aromatic carbocycles. The van der Waals surface area contributed by atoms with Gasteiger partial charge in [-0.1, -0.05) is 36.4 Å². The van der Waals surface area contributed by atoms with E-state index >= 15 is 0 Å². The number of hydrogen-bond donors (Lipinski definition) is 0. The predicted octanol–water partition coefficient (Wildman–Crippen LogP) is 3.48. The van der Waals surface area contributed by atoms with Crippen molar-refractivity contribution in [2.45, 2.75) is 24.6 Å². The highest BCUT2D eigenvalue weighted by Crippen LogP contribution is 2.39. The van der Waals surface area contributed by atoms with Gasteiger partial charge in [0.2, 0.25) is 0 Å². The van der Waals surface area contributed by atoms with Gasteiger partial charge in [0, 0.05) is 24.4 Å². The summed E-state index contributed by atoms with van der Waals surface area (Å²) in [6.45, 7) is 3.03. The summed E-state index contributed by atoms with van der Waals surface area (Å²) in [6, 6.07) is 8.74. The van der Waals surface area contributed by atoms with E-state index in [1.165, 1.54) is 11.1 Å². The van der Waals surface area contributed by atoms with E-state index in [0.29, 0.717) is 0 Å². The zero-order valence-electron chi connectivity index (χ0n) is 11.8. The van der Waals surface area contributed by atoms with Gasteiger partial charge in [0.25, 0.3) is 5.25 Å². The van der Waals surface area contributed by atoms with Crippen molar-refractivity contribution in [1.82, 2.24) is 4.90 Å². The maximum absolute atomic E-state index is 6.76. The molecule has 4 heteroatoms. The molecule has 0 bridgehead atoms. The van der Waals surface area contributed by atoms with Crippen LogP contribution in [0.4, 0.5) is 0 Å². The molecule has 3 aliphatic rings. The Balaban J connectivity index is 1.72. The minimum Gasteiger partial charge on any atom is -0.240 e. The Morgan fingerprint density at radius 2 is 2.19 bits per heavy atom. The molecule has 2 aliphatic heterocycles. The highest BCUT2D eigenvalue weighted by Gasteiger charge is 2.41. The van der Waals surface area contributed by atoms with Crippen LogP contribution < -0.4 is 0 Å². The molecule has 2 atom stereocenters. The van der Waals surface area contributed by atoms with Crippen LogP contribution in [0.2, 0.25) is 0 Å². The first-order valence-electron chi connectivity index (χ1n) is 7.25. The lowest BCUT2D eigenvalue weighted by molar-refractivity contribution is 0.114. The third kappa shape index (κ3) is 2.00. The van der Waals surface area contributed by atoms with E-state index in [2.05, 4.69) is 46.1 Å². The fraction of sp³-hybridized carbons (Fsp3) is 0.294. The molecule has 2 heterocycles. The number of alkyl halides is 1. The second kappa shape index (κ2) is 4.65. The van der Waals surface area contributed by atoms with Crippen molar-refractivity contribution in [1.29, 1.82) is 0 Å². The number of aliphatic imine (C=N–C) groups is 2. The van der Waals surface area contributed by atoms with Crippen molar-refractivity contribution in [2.24, 2.45) is 9.98 Å². The van der Waals surface area contributed by atoms with Gasteiger partial charge in [-0.15, -0.1) is 0 Å². The summed E-state index contributed by atoms with van der Waals surface area (Å²) in [6.07, 6.45) is 8.79. The van der Waals surface area contributed by atoms with E-state index in [4.69, 9.17) is 11.6 Å². The largest absolute Gasteiger partial charge is 0.288 e. The Bertz CT molecular complexity index is 717. The number of benzene rings is 1. The van der Waals surface area contributed by atoms with Gasteiger partial charge in [-0.05, 0) is 42.1 Å². The molecule has 0 N–H and O–H groups in total. The van der Waals surface area contributed by atoms with Gasteiger partial charge in [0.05, 0.1) is 5.71 Å². The van der Waals surface area contributed by atoms with Gasteiger partial charge < -0.3 is 0 Å². The molecule has 3 nitrogen and oxygen atoms in total. The van der Waals surface area contributed by atoms with Crippen LogP contribution in [0, 0.1) is 0 Å². The van der Waals surface area contributed by atoms with Crippen molar-refractivity contribution >= 4 is 23.5 Å². The lowest BCUT2D eigenvalue weighted by Crippen LogP contribution is -2.48. The first kappa shape index (κ1) is 13.0. The normalized spacial score (nSPS) is 30.7. The fourth-order valence-electron chi connectivity index (χ4n) is 3.27. The van der Waals surface area contributed by atoms with Crippen LogP contribution in [0.3, 0.4) is 0 Å². The molecule has 0 fully saturated rings. The number of nitrogens with zero attached hydrogens (tertiary/aromatic N) is 3. The van der Waals surface area contributed by atoms with Gasteiger partial charge in [-0.25, -0.2) is 14.9 Å². The highest BCUT2D eigenvalue weighted by molar-refractivity contribution is 6.30. The summed E-state index contributed by atoms with van der Waals surface area (Å²) in [4.78, 5) is 11.4. The zero-order valence-corrected chi connectivity index (χ0v) is 12.6. The minimum absolute atomic E-state index is 0.199. The van der Waals surface area contributed by atoms with Gasteiger partial charge in [0.1, 0.15) is 0 Å². The summed E-state index contributed by atoms with van der Waals surface area (Å²) >= 11 is 6.76. The molecule has 1 aromatic rings. The molecule has 0 radical (unpaired) electrons. The molecule has 0 saturated heterocycles. The van der Waals surface area contributed by atoms with Crippen LogP contribution in [0.25, 0.3) is 0 Å². The quantitative estimate of drug-likeness (QED) is 0.576. The standard InChI is InChI=1S/C17H16ClN3/c1-12-15-7-3-2-5-13(15)9-10-21(12)17(18)19-11-14-6-4-8-16(14)20-17/h2-8,11-12H,9-10H2,1H3. The topological polar surface area (TPSA) is 28.0 Å². The zero-order chi connectivity index (χ0) is 14.4. The van der Waals surface area contributed by atoms with Crippen molar-refractivity contribution < 1.29 is 0 Å². The molecule has 0 spiro atoms. The number of rotatable bonds is 1. The Morgan fingerprint density at radius 3 is 3.10 bits per heavy atom. The number of hydrogen-bond acceptors (Lipinski definition) is 3. The molecule has 0 amide bonds. The van der Waals surface area contributed by atoms with Crippen molar-refractivity contribution in [3.05, 3.63) is 59.2 Å². The summed E-state index contributed by atoms with van der Waals surface area (Å²) < 4.78 is 0. The lowest BCUT2D eigenvalue weighted by atomic mass is 9.93. The minimum atomic E-state index is -1.02. The Labute approximate surface area is 129 Å². The summed E-state index contributed by atoms with van der Waals surface area (Å²) in [5, 5.41) is -1.02. The van der Waals surface area contributed by atoms with Crippen LogP contribution in [0.1, 0.15) is 24.1 Å². The second-order valence-electron chi connectivity index (χ2n) is 5.61. The molecule has 2 unspecified atom stereocenters. The predicted molar refractivity (Wildman–Crippen MR) is 87.0 cm³/mol. The Kier molecular flexibility index (Phi) is 2.88. The maximum Gasteiger partial charge on any atom is 0.288 e. The Hall–Kier alpha value is -1.71. The second-order valence-corrected chi connectivity index (χ2v) is 6.12. The monoisotopic (exact) mass is 297 g/mol. The van der Waals surface area contributed by atoms with Gasteiger partial charge in [-0.3, -0.25) is 0 Å². The number of fused-ring (bicyclic) bond motifs is 2. The average molecular weight is 298 g/mol. The molecule has 4 rings (SSSR count). The van der Waals surface area contributed by atoms with Crippen molar-refractivity contribution in [3.8, 4) is 0 Å². The average Bonchev–Trinajstić information content (AvgIpc) is 2.95. The number of allylic oxidation sites excluding steroid dienone is 4. The van der Waals surface area contributed by atoms with E-state index in [9.17, 15) is 0 Å². The van der Waals surface area contributed by atoms with Crippen LogP contribution in [-0.4, -0.2) is 28.6 Å². The van der Waals surface area contributed by atoms with Crippen LogP contribution in [0.15, 0.2) is 58.1 Å². The fourth-order valence-corrected chi connectivity index (χ4v) is 3.64. The molecule has 21 heavy (non-hydrogen) atoms. The van der Waals surface area contributed by atoms with Crippen LogP contribution in [-0.2, 0) is 6.42 Å². The smallest absolute Gasteiger partial charge is 0.240 e. The van der Waals surface area contributed by atoms with Crippen molar-refractivity contribution in [3.63, 3.8) is 0 Å².